The summed E-state index contributed by atoms with van der Waals surface area (Å²) in [6.45, 7) is 6.09. The third kappa shape index (κ3) is 2.67. The van der Waals surface area contributed by atoms with Crippen molar-refractivity contribution < 1.29 is 0 Å². The molecule has 3 nitrogen and oxygen atoms in total. The maximum atomic E-state index is 6.10. The molecule has 17 heavy (non-hydrogen) atoms. The standard InChI is InChI=1S/C11H11BrClN3S/c1-5(2)8-7(12)9(13)16-10(15-8)11-14-6(3)4-17-11/h4-5H,1-3H3. The van der Waals surface area contributed by atoms with Gasteiger partial charge >= 0.3 is 0 Å². The molecule has 0 bridgehead atoms. The Kier molecular flexibility index (Phi) is 3.80. The maximum Gasteiger partial charge on any atom is 0.190 e. The molecule has 0 atom stereocenters. The molecule has 0 saturated carbocycles. The van der Waals surface area contributed by atoms with Crippen molar-refractivity contribution in [2.24, 2.45) is 0 Å². The van der Waals surface area contributed by atoms with Gasteiger partial charge in [-0.15, -0.1) is 11.3 Å². The van der Waals surface area contributed by atoms with E-state index in [1.807, 2.05) is 12.3 Å². The number of aryl methyl sites for hydroxylation is 1. The molecule has 0 saturated heterocycles. The van der Waals surface area contributed by atoms with E-state index in [4.69, 9.17) is 11.6 Å². The summed E-state index contributed by atoms with van der Waals surface area (Å²) in [5.74, 6) is 0.879. The van der Waals surface area contributed by atoms with E-state index in [1.165, 1.54) is 11.3 Å². The second kappa shape index (κ2) is 5.00. The Morgan fingerprint density at radius 3 is 2.53 bits per heavy atom. The average molecular weight is 333 g/mol. The smallest absolute Gasteiger partial charge is 0.190 e. The molecule has 0 aliphatic carbocycles. The van der Waals surface area contributed by atoms with Crippen LogP contribution < -0.4 is 0 Å². The Hall–Kier alpha value is -0.520. The van der Waals surface area contributed by atoms with Gasteiger partial charge in [0.25, 0.3) is 0 Å². The van der Waals surface area contributed by atoms with Crippen molar-refractivity contribution in [1.29, 1.82) is 0 Å². The van der Waals surface area contributed by atoms with Gasteiger partial charge in [0.15, 0.2) is 10.8 Å². The molecule has 0 fully saturated rings. The normalized spacial score (nSPS) is 11.2. The molecular formula is C11H11BrClN3S. The molecule has 2 heterocycles. The molecule has 0 spiro atoms. The van der Waals surface area contributed by atoms with Gasteiger partial charge in [-0.05, 0) is 28.8 Å². The zero-order valence-corrected chi connectivity index (χ0v) is 12.8. The van der Waals surface area contributed by atoms with Crippen LogP contribution in [0.5, 0.6) is 0 Å². The van der Waals surface area contributed by atoms with E-state index >= 15 is 0 Å². The van der Waals surface area contributed by atoms with Crippen molar-refractivity contribution >= 4 is 38.9 Å². The van der Waals surface area contributed by atoms with E-state index in [0.717, 1.165) is 20.9 Å². The third-order valence-electron chi connectivity index (χ3n) is 2.19. The molecule has 0 radical (unpaired) electrons. The van der Waals surface area contributed by atoms with Gasteiger partial charge in [0.1, 0.15) is 5.15 Å². The zero-order valence-electron chi connectivity index (χ0n) is 9.66. The van der Waals surface area contributed by atoms with Crippen LogP contribution in [0.25, 0.3) is 10.8 Å². The number of thiazole rings is 1. The zero-order chi connectivity index (χ0) is 12.6. The highest BCUT2D eigenvalue weighted by atomic mass is 79.9. The lowest BCUT2D eigenvalue weighted by molar-refractivity contribution is 0.809. The average Bonchev–Trinajstić information content (AvgIpc) is 2.68. The fourth-order valence-electron chi connectivity index (χ4n) is 1.37. The van der Waals surface area contributed by atoms with Gasteiger partial charge in [0.2, 0.25) is 0 Å². The van der Waals surface area contributed by atoms with Crippen LogP contribution in [0.15, 0.2) is 9.85 Å². The molecule has 0 unspecified atom stereocenters. The number of rotatable bonds is 2. The molecule has 0 aliphatic heterocycles. The first-order valence-electron chi connectivity index (χ1n) is 5.14. The van der Waals surface area contributed by atoms with Gasteiger partial charge in [-0.1, -0.05) is 25.4 Å². The quantitative estimate of drug-likeness (QED) is 0.763. The first kappa shape index (κ1) is 12.9. The fourth-order valence-corrected chi connectivity index (χ4v) is 2.91. The number of nitrogens with zero attached hydrogens (tertiary/aromatic N) is 3. The Bertz CT molecular complexity index is 554. The summed E-state index contributed by atoms with van der Waals surface area (Å²) in [4.78, 5) is 13.1. The molecule has 0 aromatic carbocycles. The molecule has 6 heteroatoms. The van der Waals surface area contributed by atoms with E-state index in [1.54, 1.807) is 0 Å². The third-order valence-corrected chi connectivity index (χ3v) is 4.43. The highest BCUT2D eigenvalue weighted by molar-refractivity contribution is 9.10. The number of aromatic nitrogens is 3. The fraction of sp³-hybridized carbons (Fsp3) is 0.364. The molecular weight excluding hydrogens is 322 g/mol. The van der Waals surface area contributed by atoms with Crippen LogP contribution in [0.4, 0.5) is 0 Å². The van der Waals surface area contributed by atoms with Crippen molar-refractivity contribution in [3.63, 3.8) is 0 Å². The van der Waals surface area contributed by atoms with Gasteiger partial charge in [-0.25, -0.2) is 15.0 Å². The van der Waals surface area contributed by atoms with Crippen LogP contribution in [0.2, 0.25) is 5.15 Å². The monoisotopic (exact) mass is 331 g/mol. The van der Waals surface area contributed by atoms with Crippen molar-refractivity contribution in [3.05, 3.63) is 26.4 Å². The van der Waals surface area contributed by atoms with Crippen LogP contribution in [0.3, 0.4) is 0 Å². The lowest BCUT2D eigenvalue weighted by Gasteiger charge is -2.09. The Morgan fingerprint density at radius 1 is 1.29 bits per heavy atom. The molecule has 0 amide bonds. The molecule has 2 aromatic heterocycles. The summed E-state index contributed by atoms with van der Waals surface area (Å²) in [6, 6.07) is 0. The van der Waals surface area contributed by atoms with E-state index in [-0.39, 0.29) is 5.92 Å². The van der Waals surface area contributed by atoms with Crippen molar-refractivity contribution in [1.82, 2.24) is 15.0 Å². The van der Waals surface area contributed by atoms with E-state index in [9.17, 15) is 0 Å². The van der Waals surface area contributed by atoms with Crippen molar-refractivity contribution in [2.75, 3.05) is 0 Å². The molecule has 0 N–H and O–H groups in total. The molecule has 90 valence electrons. The Balaban J connectivity index is 2.56. The highest BCUT2D eigenvalue weighted by Crippen LogP contribution is 2.31. The predicted molar refractivity (Wildman–Crippen MR) is 74.7 cm³/mol. The minimum atomic E-state index is 0.282. The summed E-state index contributed by atoms with van der Waals surface area (Å²) in [6.07, 6.45) is 0. The summed E-state index contributed by atoms with van der Waals surface area (Å²) in [5.41, 5.74) is 1.88. The lowest BCUT2D eigenvalue weighted by atomic mass is 10.1. The number of halogens is 2. The molecule has 0 aliphatic rings. The minimum Gasteiger partial charge on any atom is -0.238 e. The molecule has 2 rings (SSSR count). The lowest BCUT2D eigenvalue weighted by Crippen LogP contribution is -2.00. The Morgan fingerprint density at radius 2 is 2.00 bits per heavy atom. The summed E-state index contributed by atoms with van der Waals surface area (Å²) >= 11 is 11.0. The van der Waals surface area contributed by atoms with E-state index in [2.05, 4.69) is 44.7 Å². The Labute approximate surface area is 117 Å². The van der Waals surface area contributed by atoms with Gasteiger partial charge in [0.05, 0.1) is 10.2 Å². The van der Waals surface area contributed by atoms with Gasteiger partial charge in [-0.2, -0.15) is 0 Å². The first-order chi connectivity index (χ1) is 7.99. The second-order valence-corrected chi connectivity index (χ2v) is 6.00. The summed E-state index contributed by atoms with van der Waals surface area (Å²) in [7, 11) is 0. The maximum absolute atomic E-state index is 6.10. The number of hydrogen-bond donors (Lipinski definition) is 0. The summed E-state index contributed by atoms with van der Waals surface area (Å²) < 4.78 is 0.770. The van der Waals surface area contributed by atoms with Crippen LogP contribution in [0, 0.1) is 6.92 Å². The minimum absolute atomic E-state index is 0.282. The van der Waals surface area contributed by atoms with Gasteiger partial charge in [0, 0.05) is 11.1 Å². The highest BCUT2D eigenvalue weighted by Gasteiger charge is 2.16. The SMILES string of the molecule is Cc1csc(-c2nc(Cl)c(Br)c(C(C)C)n2)n1. The second-order valence-electron chi connectivity index (χ2n) is 3.99. The summed E-state index contributed by atoms with van der Waals surface area (Å²) in [5, 5.41) is 3.22. The first-order valence-corrected chi connectivity index (χ1v) is 7.19. The van der Waals surface area contributed by atoms with Crippen LogP contribution in [-0.2, 0) is 0 Å². The molecule has 2 aromatic rings. The van der Waals surface area contributed by atoms with Gasteiger partial charge in [-0.3, -0.25) is 0 Å². The van der Waals surface area contributed by atoms with Crippen LogP contribution in [-0.4, -0.2) is 15.0 Å². The van der Waals surface area contributed by atoms with Crippen LogP contribution >= 0.6 is 38.9 Å². The van der Waals surface area contributed by atoms with E-state index < -0.39 is 0 Å². The largest absolute Gasteiger partial charge is 0.238 e. The van der Waals surface area contributed by atoms with Crippen molar-refractivity contribution in [3.8, 4) is 10.8 Å². The predicted octanol–water partition coefficient (Wildman–Crippen LogP) is 4.45. The van der Waals surface area contributed by atoms with Gasteiger partial charge < -0.3 is 0 Å². The van der Waals surface area contributed by atoms with E-state index in [0.29, 0.717) is 11.0 Å². The van der Waals surface area contributed by atoms with Crippen LogP contribution in [0.1, 0.15) is 31.2 Å². The number of hydrogen-bond acceptors (Lipinski definition) is 4. The topological polar surface area (TPSA) is 38.7 Å². The van der Waals surface area contributed by atoms with Crippen molar-refractivity contribution in [2.45, 2.75) is 26.7 Å².